The molecule has 0 aliphatic carbocycles. The van der Waals surface area contributed by atoms with Crippen molar-refractivity contribution in [2.24, 2.45) is 5.73 Å². The molecule has 0 spiro atoms. The third-order valence-electron chi connectivity index (χ3n) is 3.09. The average molecular weight is 271 g/mol. The molecule has 1 aromatic rings. The lowest BCUT2D eigenvalue weighted by Gasteiger charge is -2.20. The molecule has 1 fully saturated rings. The van der Waals surface area contributed by atoms with Crippen LogP contribution in [0.4, 0.5) is 0 Å². The summed E-state index contributed by atoms with van der Waals surface area (Å²) in [7, 11) is 0. The van der Waals surface area contributed by atoms with Gasteiger partial charge in [0.05, 0.1) is 12.1 Å². The van der Waals surface area contributed by atoms with Crippen molar-refractivity contribution in [3.63, 3.8) is 0 Å². The molecule has 1 aromatic carbocycles. The van der Waals surface area contributed by atoms with Crippen LogP contribution in [0.1, 0.15) is 12.0 Å². The van der Waals surface area contributed by atoms with E-state index in [9.17, 15) is 9.90 Å². The van der Waals surface area contributed by atoms with Crippen LogP contribution in [0.25, 0.3) is 0 Å². The van der Waals surface area contributed by atoms with Crippen LogP contribution in [0.3, 0.4) is 0 Å². The zero-order valence-electron chi connectivity index (χ0n) is 10.2. The molecule has 1 aliphatic heterocycles. The Morgan fingerprint density at radius 2 is 2.11 bits per heavy atom. The van der Waals surface area contributed by atoms with E-state index in [1.54, 1.807) is 4.90 Å². The molecular formula is C13H19ClN2O2. The number of aliphatic hydroxyl groups excluding tert-OH is 1. The van der Waals surface area contributed by atoms with Crippen LogP contribution in [-0.4, -0.2) is 41.1 Å². The highest BCUT2D eigenvalue weighted by molar-refractivity contribution is 5.85. The molecule has 2 atom stereocenters. The van der Waals surface area contributed by atoms with Crippen molar-refractivity contribution in [3.8, 4) is 0 Å². The van der Waals surface area contributed by atoms with Crippen LogP contribution < -0.4 is 5.73 Å². The minimum Gasteiger partial charge on any atom is -0.391 e. The zero-order valence-corrected chi connectivity index (χ0v) is 11.0. The minimum atomic E-state index is -0.511. The van der Waals surface area contributed by atoms with Crippen molar-refractivity contribution in [1.29, 1.82) is 0 Å². The number of β-amino-alcohol motifs (C(OH)–C–C–N with tert-alkyl or cyclic N) is 1. The van der Waals surface area contributed by atoms with Gasteiger partial charge in [0, 0.05) is 13.1 Å². The molecule has 2 unspecified atom stereocenters. The number of carbonyl (C=O) groups is 1. The van der Waals surface area contributed by atoms with E-state index in [0.29, 0.717) is 25.9 Å². The Bertz CT molecular complexity index is 386. The van der Waals surface area contributed by atoms with E-state index >= 15 is 0 Å². The van der Waals surface area contributed by atoms with Crippen LogP contribution >= 0.6 is 12.4 Å². The highest BCUT2D eigenvalue weighted by Crippen LogP contribution is 2.11. The highest BCUT2D eigenvalue weighted by atomic mass is 35.5. The Labute approximate surface area is 113 Å². The fraction of sp³-hybridized carbons (Fsp3) is 0.462. The molecule has 1 amide bonds. The molecule has 0 radical (unpaired) electrons. The molecule has 1 saturated heterocycles. The summed E-state index contributed by atoms with van der Waals surface area (Å²) in [6, 6.07) is 9.23. The number of halogens is 1. The van der Waals surface area contributed by atoms with E-state index in [4.69, 9.17) is 5.73 Å². The number of nitrogens with two attached hydrogens (primary N) is 1. The summed E-state index contributed by atoms with van der Waals surface area (Å²) in [5.74, 6) is -0.0644. The van der Waals surface area contributed by atoms with Gasteiger partial charge < -0.3 is 15.7 Å². The SMILES string of the molecule is Cl.NC(Cc1ccccc1)C(=O)N1CCC(O)C1. The second-order valence-corrected chi connectivity index (χ2v) is 4.52. The number of amides is 1. The fourth-order valence-electron chi connectivity index (χ4n) is 2.13. The summed E-state index contributed by atoms with van der Waals surface area (Å²) in [5.41, 5.74) is 6.96. The summed E-state index contributed by atoms with van der Waals surface area (Å²) in [6.45, 7) is 1.03. The van der Waals surface area contributed by atoms with Gasteiger partial charge >= 0.3 is 0 Å². The lowest BCUT2D eigenvalue weighted by atomic mass is 10.1. The summed E-state index contributed by atoms with van der Waals surface area (Å²) >= 11 is 0. The van der Waals surface area contributed by atoms with Gasteiger partial charge in [-0.15, -0.1) is 12.4 Å². The molecule has 3 N–H and O–H groups in total. The van der Waals surface area contributed by atoms with Gasteiger partial charge in [-0.25, -0.2) is 0 Å². The van der Waals surface area contributed by atoms with Crippen molar-refractivity contribution >= 4 is 18.3 Å². The predicted octanol–water partition coefficient (Wildman–Crippen LogP) is 0.571. The van der Waals surface area contributed by atoms with Gasteiger partial charge in [0.1, 0.15) is 0 Å². The number of rotatable bonds is 3. The van der Waals surface area contributed by atoms with Crippen LogP contribution in [0, 0.1) is 0 Å². The first-order chi connectivity index (χ1) is 8.16. The Morgan fingerprint density at radius 3 is 2.67 bits per heavy atom. The van der Waals surface area contributed by atoms with Crippen LogP contribution in [0.15, 0.2) is 30.3 Å². The van der Waals surface area contributed by atoms with Gasteiger partial charge in [-0.1, -0.05) is 30.3 Å². The number of benzene rings is 1. The topological polar surface area (TPSA) is 66.6 Å². The van der Waals surface area contributed by atoms with Crippen LogP contribution in [0.2, 0.25) is 0 Å². The zero-order chi connectivity index (χ0) is 12.3. The van der Waals surface area contributed by atoms with Crippen molar-refractivity contribution in [3.05, 3.63) is 35.9 Å². The van der Waals surface area contributed by atoms with Gasteiger partial charge in [0.25, 0.3) is 0 Å². The second-order valence-electron chi connectivity index (χ2n) is 4.52. The van der Waals surface area contributed by atoms with E-state index in [1.165, 1.54) is 0 Å². The lowest BCUT2D eigenvalue weighted by molar-refractivity contribution is -0.131. The first-order valence-electron chi connectivity index (χ1n) is 5.93. The van der Waals surface area contributed by atoms with Gasteiger partial charge in [0.15, 0.2) is 0 Å². The third kappa shape index (κ3) is 3.70. The van der Waals surface area contributed by atoms with Crippen molar-refractivity contribution in [2.75, 3.05) is 13.1 Å². The summed E-state index contributed by atoms with van der Waals surface area (Å²) in [5, 5.41) is 9.39. The van der Waals surface area contributed by atoms with Crippen molar-refractivity contribution in [2.45, 2.75) is 25.0 Å². The first-order valence-corrected chi connectivity index (χ1v) is 5.93. The number of nitrogens with zero attached hydrogens (tertiary/aromatic N) is 1. The van der Waals surface area contributed by atoms with E-state index in [0.717, 1.165) is 5.56 Å². The van der Waals surface area contributed by atoms with Gasteiger partial charge in [0.2, 0.25) is 5.91 Å². The Balaban J connectivity index is 0.00000162. The summed E-state index contributed by atoms with van der Waals surface area (Å²) in [6.07, 6.45) is 0.818. The number of hydrogen-bond donors (Lipinski definition) is 2. The predicted molar refractivity (Wildman–Crippen MR) is 72.6 cm³/mol. The van der Waals surface area contributed by atoms with Gasteiger partial charge in [-0.2, -0.15) is 0 Å². The number of hydrogen-bond acceptors (Lipinski definition) is 3. The smallest absolute Gasteiger partial charge is 0.239 e. The first kappa shape index (κ1) is 15.0. The average Bonchev–Trinajstić information content (AvgIpc) is 2.76. The number of carbonyl (C=O) groups excluding carboxylic acids is 1. The van der Waals surface area contributed by atoms with Crippen LogP contribution in [0.5, 0.6) is 0 Å². The molecular weight excluding hydrogens is 252 g/mol. The molecule has 18 heavy (non-hydrogen) atoms. The van der Waals surface area contributed by atoms with Gasteiger partial charge in [-0.05, 0) is 18.4 Å². The quantitative estimate of drug-likeness (QED) is 0.844. The molecule has 4 nitrogen and oxygen atoms in total. The molecule has 0 saturated carbocycles. The van der Waals surface area contributed by atoms with Gasteiger partial charge in [-0.3, -0.25) is 4.79 Å². The highest BCUT2D eigenvalue weighted by Gasteiger charge is 2.27. The third-order valence-corrected chi connectivity index (χ3v) is 3.09. The molecule has 0 aromatic heterocycles. The van der Waals surface area contributed by atoms with E-state index in [-0.39, 0.29) is 24.4 Å². The standard InChI is InChI=1S/C13H18N2O2.ClH/c14-12(8-10-4-2-1-3-5-10)13(17)15-7-6-11(16)9-15;/h1-5,11-12,16H,6-9,14H2;1H. The summed E-state index contributed by atoms with van der Waals surface area (Å²) in [4.78, 5) is 13.6. The van der Waals surface area contributed by atoms with Crippen molar-refractivity contribution < 1.29 is 9.90 Å². The second kappa shape index (κ2) is 6.73. The summed E-state index contributed by atoms with van der Waals surface area (Å²) < 4.78 is 0. The number of likely N-dealkylation sites (tertiary alicyclic amines) is 1. The lowest BCUT2D eigenvalue weighted by Crippen LogP contribution is -2.44. The van der Waals surface area contributed by atoms with E-state index in [1.807, 2.05) is 30.3 Å². The molecule has 1 heterocycles. The number of aliphatic hydroxyl groups is 1. The maximum absolute atomic E-state index is 12.0. The monoisotopic (exact) mass is 270 g/mol. The minimum absolute atomic E-state index is 0. The molecule has 100 valence electrons. The van der Waals surface area contributed by atoms with Crippen LogP contribution in [-0.2, 0) is 11.2 Å². The largest absolute Gasteiger partial charge is 0.391 e. The molecule has 2 rings (SSSR count). The fourth-order valence-corrected chi connectivity index (χ4v) is 2.13. The maximum Gasteiger partial charge on any atom is 0.239 e. The Morgan fingerprint density at radius 1 is 1.44 bits per heavy atom. The molecule has 5 heteroatoms. The van der Waals surface area contributed by atoms with E-state index < -0.39 is 6.04 Å². The maximum atomic E-state index is 12.0. The van der Waals surface area contributed by atoms with Crippen molar-refractivity contribution in [1.82, 2.24) is 4.90 Å². The van der Waals surface area contributed by atoms with E-state index in [2.05, 4.69) is 0 Å². The Kier molecular flexibility index (Phi) is 5.59. The normalized spacial score (nSPS) is 20.3. The molecule has 0 bridgehead atoms. The molecule has 1 aliphatic rings. The Hall–Kier alpha value is -1.10.